The third-order valence-electron chi connectivity index (χ3n) is 1.99. The van der Waals surface area contributed by atoms with Gasteiger partial charge in [0.25, 0.3) is 0 Å². The van der Waals surface area contributed by atoms with Gasteiger partial charge in [-0.2, -0.15) is 0 Å². The van der Waals surface area contributed by atoms with Gasteiger partial charge >= 0.3 is 0 Å². The van der Waals surface area contributed by atoms with Crippen LogP contribution >= 0.6 is 0 Å². The smallest absolute Gasteiger partial charge is 0.165 e. The fraction of sp³-hybridized carbons (Fsp3) is 0.333. The van der Waals surface area contributed by atoms with Crippen molar-refractivity contribution in [1.29, 1.82) is 0 Å². The van der Waals surface area contributed by atoms with Gasteiger partial charge in [-0.15, -0.1) is 12.3 Å². The average molecular weight is 207 g/mol. The van der Waals surface area contributed by atoms with E-state index in [2.05, 4.69) is 5.92 Å². The first kappa shape index (κ1) is 11.5. The highest BCUT2D eigenvalue weighted by molar-refractivity contribution is 5.30. The molecule has 1 aromatic carbocycles. The SMILES string of the molecule is C#CCCOc1ccc(C(C)N)cc1F. The molecule has 1 unspecified atom stereocenters. The molecule has 1 atom stereocenters. The van der Waals surface area contributed by atoms with Crippen molar-refractivity contribution in [2.45, 2.75) is 19.4 Å². The fourth-order valence-corrected chi connectivity index (χ4v) is 1.14. The molecule has 0 amide bonds. The zero-order valence-electron chi connectivity index (χ0n) is 8.66. The highest BCUT2D eigenvalue weighted by Crippen LogP contribution is 2.21. The topological polar surface area (TPSA) is 35.2 Å². The highest BCUT2D eigenvalue weighted by atomic mass is 19.1. The number of nitrogens with two attached hydrogens (primary N) is 1. The summed E-state index contributed by atoms with van der Waals surface area (Å²) in [6.45, 7) is 2.12. The van der Waals surface area contributed by atoms with E-state index >= 15 is 0 Å². The lowest BCUT2D eigenvalue weighted by atomic mass is 10.1. The zero-order chi connectivity index (χ0) is 11.3. The second-order valence-electron chi connectivity index (χ2n) is 3.28. The monoisotopic (exact) mass is 207 g/mol. The van der Waals surface area contributed by atoms with E-state index in [-0.39, 0.29) is 11.8 Å². The predicted octanol–water partition coefficient (Wildman–Crippen LogP) is 2.25. The van der Waals surface area contributed by atoms with E-state index in [0.717, 1.165) is 5.56 Å². The summed E-state index contributed by atoms with van der Waals surface area (Å²) in [4.78, 5) is 0. The van der Waals surface area contributed by atoms with Gasteiger partial charge in [0.1, 0.15) is 0 Å². The fourth-order valence-electron chi connectivity index (χ4n) is 1.14. The maximum absolute atomic E-state index is 13.4. The Morgan fingerprint density at radius 3 is 2.87 bits per heavy atom. The molecule has 0 aliphatic heterocycles. The molecule has 0 radical (unpaired) electrons. The van der Waals surface area contributed by atoms with E-state index in [0.29, 0.717) is 13.0 Å². The number of ether oxygens (including phenoxy) is 1. The lowest BCUT2D eigenvalue weighted by Crippen LogP contribution is -2.06. The molecule has 0 aliphatic carbocycles. The van der Waals surface area contributed by atoms with Crippen LogP contribution in [0, 0.1) is 18.2 Å². The lowest BCUT2D eigenvalue weighted by molar-refractivity contribution is 0.309. The second kappa shape index (κ2) is 5.38. The molecule has 0 bridgehead atoms. The Bertz CT molecular complexity index is 368. The minimum absolute atomic E-state index is 0.181. The standard InChI is InChI=1S/C12H14FNO/c1-3-4-7-15-12-6-5-10(9(2)14)8-11(12)13/h1,5-6,8-9H,4,7,14H2,2H3. The molecule has 0 saturated heterocycles. The van der Waals surface area contributed by atoms with E-state index < -0.39 is 5.82 Å². The Morgan fingerprint density at radius 1 is 1.60 bits per heavy atom. The van der Waals surface area contributed by atoms with Gasteiger partial charge in [-0.05, 0) is 24.6 Å². The molecule has 0 heterocycles. The van der Waals surface area contributed by atoms with Crippen molar-refractivity contribution >= 4 is 0 Å². The summed E-state index contributed by atoms with van der Waals surface area (Å²) in [5, 5.41) is 0. The van der Waals surface area contributed by atoms with E-state index in [1.165, 1.54) is 6.07 Å². The first-order chi connectivity index (χ1) is 7.15. The molecule has 2 nitrogen and oxygen atoms in total. The van der Waals surface area contributed by atoms with Crippen LogP contribution in [0.5, 0.6) is 5.75 Å². The third kappa shape index (κ3) is 3.26. The van der Waals surface area contributed by atoms with Crippen LogP contribution in [-0.4, -0.2) is 6.61 Å². The molecule has 15 heavy (non-hydrogen) atoms. The Hall–Kier alpha value is -1.53. The van der Waals surface area contributed by atoms with Gasteiger partial charge in [-0.25, -0.2) is 4.39 Å². The highest BCUT2D eigenvalue weighted by Gasteiger charge is 2.06. The number of hydrogen-bond acceptors (Lipinski definition) is 2. The Kier molecular flexibility index (Phi) is 4.14. The van der Waals surface area contributed by atoms with E-state index in [4.69, 9.17) is 16.9 Å². The van der Waals surface area contributed by atoms with Gasteiger partial charge in [0, 0.05) is 12.5 Å². The lowest BCUT2D eigenvalue weighted by Gasteiger charge is -2.09. The van der Waals surface area contributed by atoms with Crippen LogP contribution in [0.1, 0.15) is 24.9 Å². The predicted molar refractivity (Wildman–Crippen MR) is 57.9 cm³/mol. The molecular formula is C12H14FNO. The summed E-state index contributed by atoms with van der Waals surface area (Å²) in [7, 11) is 0. The summed E-state index contributed by atoms with van der Waals surface area (Å²) in [6, 6.07) is 4.53. The van der Waals surface area contributed by atoms with Gasteiger partial charge < -0.3 is 10.5 Å². The van der Waals surface area contributed by atoms with Crippen molar-refractivity contribution in [3.05, 3.63) is 29.6 Å². The molecular weight excluding hydrogens is 193 g/mol. The summed E-state index contributed by atoms with van der Waals surface area (Å²) < 4.78 is 18.6. The summed E-state index contributed by atoms with van der Waals surface area (Å²) in [6.07, 6.45) is 5.52. The van der Waals surface area contributed by atoms with Crippen molar-refractivity contribution < 1.29 is 9.13 Å². The molecule has 0 aliphatic rings. The van der Waals surface area contributed by atoms with E-state index in [9.17, 15) is 4.39 Å². The van der Waals surface area contributed by atoms with Crippen LogP contribution in [-0.2, 0) is 0 Å². The minimum Gasteiger partial charge on any atom is -0.490 e. The van der Waals surface area contributed by atoms with E-state index in [1.807, 2.05) is 0 Å². The zero-order valence-corrected chi connectivity index (χ0v) is 8.66. The van der Waals surface area contributed by atoms with Crippen molar-refractivity contribution in [2.24, 2.45) is 5.73 Å². The quantitative estimate of drug-likeness (QED) is 0.607. The summed E-state index contributed by atoms with van der Waals surface area (Å²) >= 11 is 0. The van der Waals surface area contributed by atoms with Gasteiger partial charge in [0.15, 0.2) is 11.6 Å². The molecule has 0 fully saturated rings. The first-order valence-corrected chi connectivity index (χ1v) is 4.76. The number of hydrogen-bond donors (Lipinski definition) is 1. The number of halogens is 1. The van der Waals surface area contributed by atoms with Crippen molar-refractivity contribution in [3.63, 3.8) is 0 Å². The normalized spacial score (nSPS) is 11.9. The molecule has 80 valence electrons. The number of benzene rings is 1. The van der Waals surface area contributed by atoms with Gasteiger partial charge in [0.05, 0.1) is 6.61 Å². The first-order valence-electron chi connectivity index (χ1n) is 4.76. The summed E-state index contributed by atoms with van der Waals surface area (Å²) in [5.74, 6) is 2.24. The Morgan fingerprint density at radius 2 is 2.33 bits per heavy atom. The van der Waals surface area contributed by atoms with Crippen LogP contribution in [0.3, 0.4) is 0 Å². The molecule has 1 rings (SSSR count). The van der Waals surface area contributed by atoms with Crippen LogP contribution in [0.4, 0.5) is 4.39 Å². The van der Waals surface area contributed by atoms with Crippen molar-refractivity contribution in [1.82, 2.24) is 0 Å². The van der Waals surface area contributed by atoms with E-state index in [1.54, 1.807) is 19.1 Å². The number of terminal acetylenes is 1. The van der Waals surface area contributed by atoms with Gasteiger partial charge in [-0.1, -0.05) is 6.07 Å². The Balaban J connectivity index is 2.71. The maximum atomic E-state index is 13.4. The molecule has 3 heteroatoms. The van der Waals surface area contributed by atoms with Crippen molar-refractivity contribution in [2.75, 3.05) is 6.61 Å². The van der Waals surface area contributed by atoms with Crippen LogP contribution in [0.15, 0.2) is 18.2 Å². The molecule has 0 saturated carbocycles. The maximum Gasteiger partial charge on any atom is 0.165 e. The third-order valence-corrected chi connectivity index (χ3v) is 1.99. The molecule has 0 aromatic heterocycles. The van der Waals surface area contributed by atoms with Gasteiger partial charge in [-0.3, -0.25) is 0 Å². The second-order valence-corrected chi connectivity index (χ2v) is 3.28. The largest absolute Gasteiger partial charge is 0.490 e. The van der Waals surface area contributed by atoms with Crippen molar-refractivity contribution in [3.8, 4) is 18.1 Å². The molecule has 0 spiro atoms. The molecule has 2 N–H and O–H groups in total. The summed E-state index contributed by atoms with van der Waals surface area (Å²) in [5.41, 5.74) is 6.37. The number of rotatable bonds is 4. The van der Waals surface area contributed by atoms with Crippen LogP contribution in [0.2, 0.25) is 0 Å². The Labute approximate surface area is 89.2 Å². The average Bonchev–Trinajstić information content (AvgIpc) is 2.20. The van der Waals surface area contributed by atoms with Crippen LogP contribution in [0.25, 0.3) is 0 Å². The van der Waals surface area contributed by atoms with Gasteiger partial charge in [0.2, 0.25) is 0 Å². The van der Waals surface area contributed by atoms with Crippen LogP contribution < -0.4 is 10.5 Å². The minimum atomic E-state index is -0.401. The molecule has 1 aromatic rings.